The number of nitrogens with one attached hydrogen (secondary N) is 2. The number of hydrogen-bond donors (Lipinski definition) is 3. The number of halogens is 5. The largest absolute Gasteiger partial charge is 0.426 e. The van der Waals surface area contributed by atoms with Crippen LogP contribution in [0.2, 0.25) is 10.0 Å². The third kappa shape index (κ3) is 4.76. The third-order valence-corrected chi connectivity index (χ3v) is 5.66. The van der Waals surface area contributed by atoms with E-state index in [1.807, 2.05) is 0 Å². The van der Waals surface area contributed by atoms with Crippen molar-refractivity contribution in [3.63, 3.8) is 0 Å². The highest BCUT2D eigenvalue weighted by Gasteiger charge is 2.55. The van der Waals surface area contributed by atoms with Crippen LogP contribution in [0.15, 0.2) is 17.0 Å². The minimum atomic E-state index is -5.22. The van der Waals surface area contributed by atoms with Crippen LogP contribution in [0.4, 0.5) is 18.9 Å². The van der Waals surface area contributed by atoms with Gasteiger partial charge in [-0.1, -0.05) is 23.2 Å². The fraction of sp³-hybridized carbons (Fsp3) is 0.462. The van der Waals surface area contributed by atoms with Gasteiger partial charge in [0.2, 0.25) is 15.6 Å². The Morgan fingerprint density at radius 2 is 1.72 bits per heavy atom. The first-order chi connectivity index (χ1) is 11.1. The molecule has 12 heteroatoms. The Morgan fingerprint density at radius 1 is 1.20 bits per heavy atom. The van der Waals surface area contributed by atoms with Crippen LogP contribution >= 0.6 is 23.2 Å². The summed E-state index contributed by atoms with van der Waals surface area (Å²) >= 11 is 11.7. The molecule has 6 nitrogen and oxygen atoms in total. The Balaban J connectivity index is 3.23. The molecule has 0 radical (unpaired) electrons. The number of carbonyl (C=O) groups is 1. The summed E-state index contributed by atoms with van der Waals surface area (Å²) in [5.74, 6) is -1.80. The van der Waals surface area contributed by atoms with Gasteiger partial charge in [0, 0.05) is 6.04 Å². The zero-order valence-corrected chi connectivity index (χ0v) is 15.5. The molecule has 1 aromatic carbocycles. The van der Waals surface area contributed by atoms with Gasteiger partial charge in [0.25, 0.3) is 5.91 Å². The second-order valence-corrected chi connectivity index (χ2v) is 7.98. The second-order valence-electron chi connectivity index (χ2n) is 5.54. The summed E-state index contributed by atoms with van der Waals surface area (Å²) < 4.78 is 64.4. The summed E-state index contributed by atoms with van der Waals surface area (Å²) in [6.45, 7) is 3.41. The average Bonchev–Trinajstić information content (AvgIpc) is 2.40. The molecule has 0 fully saturated rings. The van der Waals surface area contributed by atoms with E-state index < -0.39 is 48.7 Å². The minimum absolute atomic E-state index is 0.267. The lowest BCUT2D eigenvalue weighted by Gasteiger charge is -2.25. The highest BCUT2D eigenvalue weighted by atomic mass is 35.5. The predicted molar refractivity (Wildman–Crippen MR) is 87.2 cm³/mol. The van der Waals surface area contributed by atoms with Gasteiger partial charge in [0.15, 0.2) is 0 Å². The standard InChI is InChI=1S/C13H15Cl2F3N2O4S/c1-6(2)20-25(23,24)8-5-4-7(9(14)10(8)15)19-11(21)12(3,22)13(16,17)18/h4-6,20,22H,1-3H3,(H,19,21). The molecule has 0 heterocycles. The summed E-state index contributed by atoms with van der Waals surface area (Å²) in [6.07, 6.45) is -5.22. The Hall–Kier alpha value is -1.07. The fourth-order valence-corrected chi connectivity index (χ4v) is 3.65. The van der Waals surface area contributed by atoms with Crippen LogP contribution in [0.1, 0.15) is 20.8 Å². The van der Waals surface area contributed by atoms with E-state index in [-0.39, 0.29) is 12.6 Å². The van der Waals surface area contributed by atoms with Gasteiger partial charge >= 0.3 is 6.18 Å². The number of sulfonamides is 1. The second kappa shape index (κ2) is 7.28. The van der Waals surface area contributed by atoms with Crippen LogP contribution in [-0.2, 0) is 14.8 Å². The van der Waals surface area contributed by atoms with E-state index in [1.165, 1.54) is 0 Å². The van der Waals surface area contributed by atoms with Gasteiger partial charge in [-0.15, -0.1) is 0 Å². The molecule has 1 aromatic rings. The number of aliphatic hydroxyl groups is 1. The van der Waals surface area contributed by atoms with Crippen molar-refractivity contribution in [3.8, 4) is 0 Å². The summed E-state index contributed by atoms with van der Waals surface area (Å²) in [4.78, 5) is 11.2. The molecular formula is C13H15Cl2F3N2O4S. The van der Waals surface area contributed by atoms with E-state index in [0.717, 1.165) is 12.1 Å². The van der Waals surface area contributed by atoms with Gasteiger partial charge in [0.1, 0.15) is 4.90 Å². The smallest absolute Gasteiger partial charge is 0.373 e. The summed E-state index contributed by atoms with van der Waals surface area (Å²) in [6, 6.07) is 1.49. The van der Waals surface area contributed by atoms with Gasteiger partial charge in [-0.3, -0.25) is 4.79 Å². The highest BCUT2D eigenvalue weighted by Crippen LogP contribution is 2.37. The summed E-state index contributed by atoms with van der Waals surface area (Å²) in [7, 11) is -4.02. The maximum atomic E-state index is 12.7. The zero-order chi connectivity index (χ0) is 19.8. The van der Waals surface area contributed by atoms with Gasteiger partial charge in [0.05, 0.1) is 15.7 Å². The first-order valence-electron chi connectivity index (χ1n) is 6.72. The van der Waals surface area contributed by atoms with E-state index in [0.29, 0.717) is 0 Å². The van der Waals surface area contributed by atoms with Gasteiger partial charge in [-0.2, -0.15) is 13.2 Å². The first-order valence-corrected chi connectivity index (χ1v) is 8.96. The molecule has 0 bridgehead atoms. The van der Waals surface area contributed by atoms with Crippen molar-refractivity contribution in [2.24, 2.45) is 0 Å². The monoisotopic (exact) mass is 422 g/mol. The van der Waals surface area contributed by atoms with E-state index in [4.69, 9.17) is 23.2 Å². The number of amides is 1. The average molecular weight is 423 g/mol. The number of benzene rings is 1. The van der Waals surface area contributed by atoms with Crippen LogP contribution in [0.3, 0.4) is 0 Å². The molecule has 1 unspecified atom stereocenters. The van der Waals surface area contributed by atoms with Crippen molar-refractivity contribution >= 4 is 44.8 Å². The number of anilines is 1. The van der Waals surface area contributed by atoms with Crippen molar-refractivity contribution < 1.29 is 31.5 Å². The molecule has 1 amide bonds. The molecule has 0 saturated carbocycles. The van der Waals surface area contributed by atoms with Crippen molar-refractivity contribution in [3.05, 3.63) is 22.2 Å². The molecular weight excluding hydrogens is 408 g/mol. The van der Waals surface area contributed by atoms with Crippen molar-refractivity contribution in [2.75, 3.05) is 5.32 Å². The fourth-order valence-electron chi connectivity index (χ4n) is 1.58. The van der Waals surface area contributed by atoms with Crippen LogP contribution in [0.25, 0.3) is 0 Å². The van der Waals surface area contributed by atoms with Gasteiger partial charge in [-0.05, 0) is 32.9 Å². The maximum Gasteiger partial charge on any atom is 0.426 e. The quantitative estimate of drug-likeness (QED) is 0.679. The molecule has 0 aromatic heterocycles. The predicted octanol–water partition coefficient (Wildman–Crippen LogP) is 2.93. The Bertz CT molecular complexity index is 780. The molecule has 142 valence electrons. The highest BCUT2D eigenvalue weighted by molar-refractivity contribution is 7.89. The molecule has 1 rings (SSSR count). The number of carbonyl (C=O) groups excluding carboxylic acids is 1. The normalized spacial score (nSPS) is 15.1. The molecule has 0 spiro atoms. The molecule has 25 heavy (non-hydrogen) atoms. The Kier molecular flexibility index (Phi) is 6.39. The lowest BCUT2D eigenvalue weighted by Crippen LogP contribution is -2.52. The van der Waals surface area contributed by atoms with Crippen LogP contribution in [-0.4, -0.2) is 37.3 Å². The van der Waals surface area contributed by atoms with Crippen LogP contribution < -0.4 is 10.0 Å². The van der Waals surface area contributed by atoms with E-state index in [2.05, 4.69) is 4.72 Å². The van der Waals surface area contributed by atoms with E-state index in [1.54, 1.807) is 19.2 Å². The maximum absolute atomic E-state index is 12.7. The molecule has 0 aliphatic heterocycles. The molecule has 0 saturated heterocycles. The molecule has 0 aliphatic rings. The number of hydrogen-bond acceptors (Lipinski definition) is 4. The van der Waals surface area contributed by atoms with Crippen LogP contribution in [0.5, 0.6) is 0 Å². The topological polar surface area (TPSA) is 95.5 Å². The third-order valence-electron chi connectivity index (χ3n) is 2.97. The Morgan fingerprint density at radius 3 is 2.16 bits per heavy atom. The SMILES string of the molecule is CC(C)NS(=O)(=O)c1ccc(NC(=O)C(C)(O)C(F)(F)F)c(Cl)c1Cl. The number of rotatable bonds is 5. The van der Waals surface area contributed by atoms with E-state index >= 15 is 0 Å². The summed E-state index contributed by atoms with van der Waals surface area (Å²) in [5.41, 5.74) is -4.06. The van der Waals surface area contributed by atoms with Gasteiger partial charge < -0.3 is 10.4 Å². The van der Waals surface area contributed by atoms with E-state index in [9.17, 15) is 31.5 Å². The van der Waals surface area contributed by atoms with Crippen LogP contribution in [0, 0.1) is 0 Å². The van der Waals surface area contributed by atoms with Crippen molar-refractivity contribution in [2.45, 2.75) is 43.5 Å². The molecule has 3 N–H and O–H groups in total. The molecule has 1 atom stereocenters. The van der Waals surface area contributed by atoms with Crippen molar-refractivity contribution in [1.29, 1.82) is 0 Å². The molecule has 0 aliphatic carbocycles. The first kappa shape index (κ1) is 22.0. The zero-order valence-electron chi connectivity index (χ0n) is 13.2. The summed E-state index contributed by atoms with van der Waals surface area (Å²) in [5, 5.41) is 10.1. The lowest BCUT2D eigenvalue weighted by atomic mass is 10.1. The van der Waals surface area contributed by atoms with Crippen molar-refractivity contribution in [1.82, 2.24) is 4.72 Å². The van der Waals surface area contributed by atoms with Gasteiger partial charge in [-0.25, -0.2) is 13.1 Å². The Labute approximate surface area is 152 Å². The lowest BCUT2D eigenvalue weighted by molar-refractivity contribution is -0.242. The number of alkyl halides is 3. The minimum Gasteiger partial charge on any atom is -0.373 e.